The Labute approximate surface area is 304 Å². The smallest absolute Gasteiger partial charge is 0.408 e. The lowest BCUT2D eigenvalue weighted by Gasteiger charge is -2.27. The SMILES string of the molecule is CCCCc1nc2c(N)nc3ccccc3c2n1Cc1ccc(CNC(=O)[C@H](CCCNC(N)=O)NC(=O)[C@@H](NC(=O)OC(C)(C)C)C(C)C)cc1. The van der Waals surface area contributed by atoms with Gasteiger partial charge in [0.15, 0.2) is 5.82 Å². The number of unbranched alkanes of at least 4 members (excludes halogenated alkanes) is 1. The highest BCUT2D eigenvalue weighted by Crippen LogP contribution is 2.30. The Hall–Kier alpha value is -5.40. The molecule has 4 aromatic rings. The standard InChI is InChI=1S/C38H53N9O5/c1-7-8-15-29-45-31-32(26-12-9-10-13-27(26)43-33(31)39)47(29)22-25-18-16-24(17-19-25)21-42-34(48)28(14-11-20-41-36(40)50)44-35(49)30(23(2)3)46-37(51)52-38(4,5)6/h9-10,12-13,16-19,23,28,30H,7-8,11,14-15,20-22H2,1-6H3,(H2,39,43)(H,42,48)(H,44,49)(H,46,51)(H3,40,41,50)/t28-,30-/m0/s1. The number of ether oxygens (including phenoxy) is 1. The van der Waals surface area contributed by atoms with Gasteiger partial charge in [0.25, 0.3) is 0 Å². The summed E-state index contributed by atoms with van der Waals surface area (Å²) in [5.74, 6) is 0.151. The van der Waals surface area contributed by atoms with Crippen molar-refractivity contribution in [3.8, 4) is 0 Å². The first-order valence-electron chi connectivity index (χ1n) is 17.9. The maximum atomic E-state index is 13.5. The molecule has 2 aromatic carbocycles. The Morgan fingerprint density at radius 2 is 1.60 bits per heavy atom. The normalized spacial score (nSPS) is 12.8. The van der Waals surface area contributed by atoms with E-state index in [1.807, 2.05) is 48.5 Å². The van der Waals surface area contributed by atoms with Gasteiger partial charge in [0.2, 0.25) is 11.8 Å². The second-order valence-electron chi connectivity index (χ2n) is 14.3. The third-order valence-corrected chi connectivity index (χ3v) is 8.50. The van der Waals surface area contributed by atoms with Crippen molar-refractivity contribution in [2.75, 3.05) is 12.3 Å². The summed E-state index contributed by atoms with van der Waals surface area (Å²) >= 11 is 0. The molecule has 2 heterocycles. The van der Waals surface area contributed by atoms with Gasteiger partial charge in [-0.15, -0.1) is 0 Å². The van der Waals surface area contributed by atoms with Crippen LogP contribution in [-0.2, 0) is 33.8 Å². The molecule has 14 heteroatoms. The molecule has 0 aliphatic heterocycles. The van der Waals surface area contributed by atoms with Crippen LogP contribution < -0.4 is 32.7 Å². The number of aryl methyl sites for hydroxylation is 1. The number of nitrogens with zero attached hydrogens (tertiary/aromatic N) is 3. The van der Waals surface area contributed by atoms with Crippen LogP contribution in [0.3, 0.4) is 0 Å². The van der Waals surface area contributed by atoms with Crippen LogP contribution in [0.15, 0.2) is 48.5 Å². The van der Waals surface area contributed by atoms with Crippen molar-refractivity contribution < 1.29 is 23.9 Å². The number of aromatic nitrogens is 3. The van der Waals surface area contributed by atoms with E-state index in [1.54, 1.807) is 34.6 Å². The van der Waals surface area contributed by atoms with Crippen LogP contribution in [0, 0.1) is 5.92 Å². The number of benzene rings is 2. The maximum Gasteiger partial charge on any atom is 0.408 e. The molecule has 0 saturated carbocycles. The largest absolute Gasteiger partial charge is 0.444 e. The average Bonchev–Trinajstić information content (AvgIpc) is 3.44. The molecule has 0 saturated heterocycles. The molecule has 8 N–H and O–H groups in total. The van der Waals surface area contributed by atoms with Crippen LogP contribution in [0.1, 0.15) is 84.2 Å². The lowest BCUT2D eigenvalue weighted by molar-refractivity contribution is -0.130. The monoisotopic (exact) mass is 715 g/mol. The highest BCUT2D eigenvalue weighted by Gasteiger charge is 2.30. The van der Waals surface area contributed by atoms with Crippen LogP contribution in [0.4, 0.5) is 15.4 Å². The Morgan fingerprint density at radius 1 is 0.904 bits per heavy atom. The summed E-state index contributed by atoms with van der Waals surface area (Å²) in [5.41, 5.74) is 15.2. The lowest BCUT2D eigenvalue weighted by Crippen LogP contribution is -2.55. The number of nitrogens with two attached hydrogens (primary N) is 2. The quantitative estimate of drug-likeness (QED) is 0.0898. The molecular formula is C38H53N9O5. The molecule has 2 aromatic heterocycles. The molecule has 0 unspecified atom stereocenters. The fraction of sp³-hybridized carbons (Fsp3) is 0.474. The van der Waals surface area contributed by atoms with E-state index in [1.165, 1.54) is 0 Å². The number of para-hydroxylation sites is 1. The van der Waals surface area contributed by atoms with Gasteiger partial charge in [0.1, 0.15) is 29.0 Å². The molecule has 0 radical (unpaired) electrons. The molecule has 0 aliphatic carbocycles. The van der Waals surface area contributed by atoms with Gasteiger partial charge in [-0.3, -0.25) is 9.59 Å². The van der Waals surface area contributed by atoms with Crippen LogP contribution in [0.5, 0.6) is 0 Å². The Kier molecular flexibility index (Phi) is 13.4. The van der Waals surface area contributed by atoms with Gasteiger partial charge in [-0.1, -0.05) is 69.7 Å². The van der Waals surface area contributed by atoms with Gasteiger partial charge in [0.05, 0.1) is 11.0 Å². The van der Waals surface area contributed by atoms with E-state index >= 15 is 0 Å². The van der Waals surface area contributed by atoms with Crippen molar-refractivity contribution in [2.45, 2.75) is 104 Å². The Bertz CT molecular complexity index is 1860. The van der Waals surface area contributed by atoms with Crippen molar-refractivity contribution in [1.82, 2.24) is 35.8 Å². The van der Waals surface area contributed by atoms with Crippen LogP contribution in [0.2, 0.25) is 0 Å². The number of carbonyl (C=O) groups is 4. The molecule has 5 amide bonds. The first-order chi connectivity index (χ1) is 24.7. The van der Waals surface area contributed by atoms with E-state index in [0.29, 0.717) is 24.3 Å². The second kappa shape index (κ2) is 17.7. The van der Waals surface area contributed by atoms with Crippen molar-refractivity contribution in [1.29, 1.82) is 0 Å². The fourth-order valence-electron chi connectivity index (χ4n) is 5.88. The number of hydrogen-bond acceptors (Lipinski definition) is 8. The third kappa shape index (κ3) is 10.8. The Balaban J connectivity index is 1.47. The topological polar surface area (TPSA) is 208 Å². The molecule has 0 bridgehead atoms. The number of rotatable bonds is 16. The third-order valence-electron chi connectivity index (χ3n) is 8.50. The van der Waals surface area contributed by atoms with Gasteiger partial charge in [-0.05, 0) is 63.1 Å². The predicted molar refractivity (Wildman–Crippen MR) is 202 cm³/mol. The second-order valence-corrected chi connectivity index (χ2v) is 14.3. The number of fused-ring (bicyclic) bond motifs is 3. The molecule has 14 nitrogen and oxygen atoms in total. The number of imidazole rings is 1. The number of urea groups is 1. The number of alkyl carbamates (subject to hydrolysis) is 1. The minimum Gasteiger partial charge on any atom is -0.444 e. The predicted octanol–water partition coefficient (Wildman–Crippen LogP) is 4.66. The van der Waals surface area contributed by atoms with Gasteiger partial charge < -0.3 is 42.0 Å². The summed E-state index contributed by atoms with van der Waals surface area (Å²) in [6.45, 7) is 11.9. The molecule has 0 spiro atoms. The summed E-state index contributed by atoms with van der Waals surface area (Å²) in [5, 5.41) is 11.8. The number of hydrogen-bond donors (Lipinski definition) is 6. The van der Waals surface area contributed by atoms with Gasteiger partial charge in [-0.2, -0.15) is 0 Å². The highest BCUT2D eigenvalue weighted by atomic mass is 16.6. The van der Waals surface area contributed by atoms with Crippen molar-refractivity contribution >= 4 is 51.7 Å². The molecule has 0 aliphatic rings. The van der Waals surface area contributed by atoms with Gasteiger partial charge >= 0.3 is 12.1 Å². The first-order valence-corrected chi connectivity index (χ1v) is 17.9. The number of carbonyl (C=O) groups excluding carboxylic acids is 4. The van der Waals surface area contributed by atoms with E-state index in [4.69, 9.17) is 21.2 Å². The average molecular weight is 716 g/mol. The molecule has 4 rings (SSSR count). The maximum absolute atomic E-state index is 13.5. The zero-order valence-corrected chi connectivity index (χ0v) is 31.0. The van der Waals surface area contributed by atoms with Gasteiger partial charge in [-0.25, -0.2) is 19.6 Å². The minimum absolute atomic E-state index is 0.220. The van der Waals surface area contributed by atoms with E-state index < -0.39 is 41.6 Å². The Morgan fingerprint density at radius 3 is 2.25 bits per heavy atom. The highest BCUT2D eigenvalue weighted by molar-refractivity contribution is 6.06. The van der Waals surface area contributed by atoms with Crippen LogP contribution in [0.25, 0.3) is 21.9 Å². The summed E-state index contributed by atoms with van der Waals surface area (Å²) in [4.78, 5) is 60.0. The summed E-state index contributed by atoms with van der Waals surface area (Å²) < 4.78 is 7.56. The summed E-state index contributed by atoms with van der Waals surface area (Å²) in [6, 6.07) is 13.3. The molecule has 280 valence electrons. The molecule has 52 heavy (non-hydrogen) atoms. The van der Waals surface area contributed by atoms with Crippen LogP contribution in [-0.4, -0.2) is 62.7 Å². The number of anilines is 1. The zero-order chi connectivity index (χ0) is 38.0. The number of nitrogens with one attached hydrogen (secondary N) is 4. The number of pyridine rings is 1. The first kappa shape index (κ1) is 39.4. The fourth-order valence-corrected chi connectivity index (χ4v) is 5.88. The molecule has 2 atom stereocenters. The van der Waals surface area contributed by atoms with Crippen molar-refractivity contribution in [3.63, 3.8) is 0 Å². The van der Waals surface area contributed by atoms with Crippen LogP contribution >= 0.6 is 0 Å². The summed E-state index contributed by atoms with van der Waals surface area (Å²) in [6.07, 6.45) is 2.71. The lowest BCUT2D eigenvalue weighted by atomic mass is 10.0. The van der Waals surface area contributed by atoms with Crippen molar-refractivity contribution in [2.24, 2.45) is 11.7 Å². The number of amides is 5. The zero-order valence-electron chi connectivity index (χ0n) is 31.0. The van der Waals surface area contributed by atoms with Gasteiger partial charge in [0, 0.05) is 31.4 Å². The molecular weight excluding hydrogens is 662 g/mol. The van der Waals surface area contributed by atoms with E-state index in [2.05, 4.69) is 37.7 Å². The summed E-state index contributed by atoms with van der Waals surface area (Å²) in [7, 11) is 0. The number of nitrogen functional groups attached to an aromatic ring is 1. The number of primary amides is 1. The van der Waals surface area contributed by atoms with E-state index in [0.717, 1.165) is 52.6 Å². The van der Waals surface area contributed by atoms with Crippen molar-refractivity contribution in [3.05, 3.63) is 65.5 Å². The van der Waals surface area contributed by atoms with E-state index in [-0.39, 0.29) is 25.4 Å². The molecule has 0 fully saturated rings. The minimum atomic E-state index is -0.942. The van der Waals surface area contributed by atoms with E-state index in [9.17, 15) is 19.2 Å².